The number of nitrogens with one attached hydrogen (secondary N) is 1. The summed E-state index contributed by atoms with van der Waals surface area (Å²) in [5.74, 6) is 0. The van der Waals surface area contributed by atoms with Crippen molar-refractivity contribution < 1.29 is 9.47 Å². The van der Waals surface area contributed by atoms with Crippen LogP contribution in [0, 0.1) is 0 Å². The fraction of sp³-hybridized carbons (Fsp3) is 1.00. The molecule has 4 nitrogen and oxygen atoms in total. The number of ether oxygens (including phenoxy) is 2. The molecule has 2 atom stereocenters. The van der Waals surface area contributed by atoms with Gasteiger partial charge in [-0.2, -0.15) is 0 Å². The number of piperazine rings is 1. The molecule has 0 aromatic carbocycles. The second-order valence-electron chi connectivity index (χ2n) is 4.52. The first-order valence-electron chi connectivity index (χ1n) is 5.65. The van der Waals surface area contributed by atoms with Gasteiger partial charge in [-0.15, -0.1) is 0 Å². The van der Waals surface area contributed by atoms with Crippen molar-refractivity contribution in [3.63, 3.8) is 0 Å². The average molecular weight is 216 g/mol. The Balaban J connectivity index is 2.48. The van der Waals surface area contributed by atoms with Gasteiger partial charge >= 0.3 is 0 Å². The number of hydrogen-bond acceptors (Lipinski definition) is 4. The van der Waals surface area contributed by atoms with Crippen LogP contribution in [0.1, 0.15) is 13.8 Å². The van der Waals surface area contributed by atoms with E-state index in [-0.39, 0.29) is 0 Å². The fourth-order valence-corrected chi connectivity index (χ4v) is 2.11. The quantitative estimate of drug-likeness (QED) is 0.718. The van der Waals surface area contributed by atoms with Gasteiger partial charge < -0.3 is 14.8 Å². The monoisotopic (exact) mass is 216 g/mol. The highest BCUT2D eigenvalue weighted by Crippen LogP contribution is 2.09. The van der Waals surface area contributed by atoms with Gasteiger partial charge in [0.25, 0.3) is 0 Å². The van der Waals surface area contributed by atoms with Crippen molar-refractivity contribution in [1.29, 1.82) is 0 Å². The Morgan fingerprint density at radius 1 is 1.13 bits per heavy atom. The minimum absolute atomic E-state index is 0.422. The molecule has 0 radical (unpaired) electrons. The number of methoxy groups -OCH3 is 2. The van der Waals surface area contributed by atoms with E-state index in [1.807, 2.05) is 0 Å². The molecule has 1 fully saturated rings. The Morgan fingerprint density at radius 3 is 1.93 bits per heavy atom. The van der Waals surface area contributed by atoms with Gasteiger partial charge in [-0.1, -0.05) is 0 Å². The minimum atomic E-state index is 0.422. The molecular formula is C11H24N2O2. The van der Waals surface area contributed by atoms with Crippen molar-refractivity contribution in [1.82, 2.24) is 10.2 Å². The molecule has 1 saturated heterocycles. The van der Waals surface area contributed by atoms with Gasteiger partial charge in [0, 0.05) is 45.4 Å². The number of nitrogens with zero attached hydrogens (tertiary/aromatic N) is 1. The van der Waals surface area contributed by atoms with Crippen molar-refractivity contribution >= 4 is 0 Å². The maximum Gasteiger partial charge on any atom is 0.0628 e. The Bertz CT molecular complexity index is 162. The maximum atomic E-state index is 5.21. The van der Waals surface area contributed by atoms with Gasteiger partial charge in [0.05, 0.1) is 13.2 Å². The van der Waals surface area contributed by atoms with E-state index in [0.29, 0.717) is 18.1 Å². The summed E-state index contributed by atoms with van der Waals surface area (Å²) in [5.41, 5.74) is 0. The summed E-state index contributed by atoms with van der Waals surface area (Å²) in [6.45, 7) is 8.13. The van der Waals surface area contributed by atoms with E-state index in [1.54, 1.807) is 14.2 Å². The highest BCUT2D eigenvalue weighted by Gasteiger charge is 2.27. The van der Waals surface area contributed by atoms with Crippen molar-refractivity contribution in [3.05, 3.63) is 0 Å². The van der Waals surface area contributed by atoms with Crippen molar-refractivity contribution in [2.24, 2.45) is 0 Å². The predicted octanol–water partition coefficient (Wildman–Crippen LogP) is 0.330. The molecule has 0 spiro atoms. The molecule has 0 aliphatic carbocycles. The van der Waals surface area contributed by atoms with Crippen LogP contribution in [-0.4, -0.2) is 63.5 Å². The summed E-state index contributed by atoms with van der Waals surface area (Å²) in [6.07, 6.45) is 0. The van der Waals surface area contributed by atoms with E-state index in [1.165, 1.54) is 0 Å². The molecule has 0 aromatic rings. The van der Waals surface area contributed by atoms with Gasteiger partial charge in [0.2, 0.25) is 0 Å². The maximum absolute atomic E-state index is 5.21. The summed E-state index contributed by atoms with van der Waals surface area (Å²) in [4.78, 5) is 2.48. The summed E-state index contributed by atoms with van der Waals surface area (Å²) >= 11 is 0. The molecule has 1 rings (SSSR count). The fourth-order valence-electron chi connectivity index (χ4n) is 2.11. The standard InChI is InChI=1S/C11H24N2O2/c1-9(2)13-5-10(7-14-3)12-11(6-13)8-15-4/h9-12H,5-8H2,1-4H3/t10-,11?/m1/s1. The number of hydrogen-bond donors (Lipinski definition) is 1. The predicted molar refractivity (Wildman–Crippen MR) is 61.2 cm³/mol. The normalized spacial score (nSPS) is 28.6. The molecule has 1 aliphatic heterocycles. The van der Waals surface area contributed by atoms with Gasteiger partial charge in [0.15, 0.2) is 0 Å². The lowest BCUT2D eigenvalue weighted by Crippen LogP contribution is -2.60. The zero-order chi connectivity index (χ0) is 11.3. The lowest BCUT2D eigenvalue weighted by atomic mass is 10.1. The zero-order valence-electron chi connectivity index (χ0n) is 10.3. The molecule has 1 N–H and O–H groups in total. The lowest BCUT2D eigenvalue weighted by molar-refractivity contribution is 0.0514. The highest BCUT2D eigenvalue weighted by molar-refractivity contribution is 4.87. The number of rotatable bonds is 5. The molecule has 1 unspecified atom stereocenters. The van der Waals surface area contributed by atoms with Crippen molar-refractivity contribution in [2.75, 3.05) is 40.5 Å². The van der Waals surface area contributed by atoms with Crippen LogP contribution in [0.5, 0.6) is 0 Å². The molecule has 90 valence electrons. The molecule has 0 bridgehead atoms. The third-order valence-corrected chi connectivity index (χ3v) is 2.85. The van der Waals surface area contributed by atoms with Crippen LogP contribution in [0.15, 0.2) is 0 Å². The van der Waals surface area contributed by atoms with Gasteiger partial charge in [-0.05, 0) is 13.8 Å². The molecule has 1 heterocycles. The molecule has 0 amide bonds. The second-order valence-corrected chi connectivity index (χ2v) is 4.52. The zero-order valence-corrected chi connectivity index (χ0v) is 10.3. The minimum Gasteiger partial charge on any atom is -0.383 e. The Morgan fingerprint density at radius 2 is 1.60 bits per heavy atom. The van der Waals surface area contributed by atoms with Gasteiger partial charge in [-0.3, -0.25) is 4.90 Å². The summed E-state index contributed by atoms with van der Waals surface area (Å²) in [7, 11) is 3.50. The lowest BCUT2D eigenvalue weighted by Gasteiger charge is -2.40. The second kappa shape index (κ2) is 6.43. The Hall–Kier alpha value is -0.160. The molecular weight excluding hydrogens is 192 g/mol. The van der Waals surface area contributed by atoms with E-state index < -0.39 is 0 Å². The van der Waals surface area contributed by atoms with Crippen LogP contribution in [0.25, 0.3) is 0 Å². The first kappa shape index (κ1) is 12.9. The van der Waals surface area contributed by atoms with Crippen LogP contribution in [0.4, 0.5) is 0 Å². The van der Waals surface area contributed by atoms with E-state index in [9.17, 15) is 0 Å². The van der Waals surface area contributed by atoms with Crippen LogP contribution in [0.2, 0.25) is 0 Å². The molecule has 15 heavy (non-hydrogen) atoms. The largest absolute Gasteiger partial charge is 0.383 e. The third-order valence-electron chi connectivity index (χ3n) is 2.85. The summed E-state index contributed by atoms with van der Waals surface area (Å²) in [5, 5.41) is 3.55. The Labute approximate surface area is 92.9 Å². The highest BCUT2D eigenvalue weighted by atomic mass is 16.5. The van der Waals surface area contributed by atoms with Gasteiger partial charge in [-0.25, -0.2) is 0 Å². The molecule has 0 aromatic heterocycles. The topological polar surface area (TPSA) is 33.7 Å². The molecule has 0 saturated carbocycles. The van der Waals surface area contributed by atoms with Crippen LogP contribution in [-0.2, 0) is 9.47 Å². The van der Waals surface area contributed by atoms with Gasteiger partial charge in [0.1, 0.15) is 0 Å². The van der Waals surface area contributed by atoms with E-state index in [4.69, 9.17) is 9.47 Å². The van der Waals surface area contributed by atoms with E-state index in [0.717, 1.165) is 26.3 Å². The Kier molecular flexibility index (Phi) is 5.53. The van der Waals surface area contributed by atoms with E-state index >= 15 is 0 Å². The van der Waals surface area contributed by atoms with Crippen molar-refractivity contribution in [2.45, 2.75) is 32.0 Å². The first-order valence-corrected chi connectivity index (χ1v) is 5.65. The third kappa shape index (κ3) is 4.07. The molecule has 1 aliphatic rings. The average Bonchev–Trinajstić information content (AvgIpc) is 2.18. The molecule has 4 heteroatoms. The van der Waals surface area contributed by atoms with E-state index in [2.05, 4.69) is 24.1 Å². The van der Waals surface area contributed by atoms with Crippen LogP contribution in [0.3, 0.4) is 0 Å². The SMILES string of the molecule is COCC1CN(C(C)C)C[C@H](COC)N1. The smallest absolute Gasteiger partial charge is 0.0628 e. The van der Waals surface area contributed by atoms with Crippen LogP contribution >= 0.6 is 0 Å². The summed E-state index contributed by atoms with van der Waals surface area (Å²) in [6, 6.07) is 1.43. The van der Waals surface area contributed by atoms with Crippen LogP contribution < -0.4 is 5.32 Å². The summed E-state index contributed by atoms with van der Waals surface area (Å²) < 4.78 is 10.4. The van der Waals surface area contributed by atoms with Crippen molar-refractivity contribution in [3.8, 4) is 0 Å². The first-order chi connectivity index (χ1) is 7.17.